The molecule has 3 fully saturated rings. The fourth-order valence-corrected chi connectivity index (χ4v) is 6.39. The molecule has 0 unspecified atom stereocenters. The molecule has 0 spiro atoms. The second-order valence-electron chi connectivity index (χ2n) is 8.22. The first kappa shape index (κ1) is 18.0. The number of rotatable bonds is 3. The van der Waals surface area contributed by atoms with Crippen molar-refractivity contribution in [2.45, 2.75) is 114 Å². The van der Waals surface area contributed by atoms with Crippen LogP contribution in [0.2, 0.25) is 17.5 Å². The SMILES string of the molecule is C1CCC([BH-](C2CCCCC2)C2CCCCC2)CC1.[K+]. The normalized spacial score (nSPS) is 27.4. The average Bonchev–Trinajstić information content (AvgIpc) is 2.51. The molecule has 20 heavy (non-hydrogen) atoms. The molecule has 110 valence electrons. The Morgan fingerprint density at radius 2 is 0.650 bits per heavy atom. The van der Waals surface area contributed by atoms with Crippen LogP contribution in [0.25, 0.3) is 0 Å². The van der Waals surface area contributed by atoms with Crippen molar-refractivity contribution < 1.29 is 51.4 Å². The van der Waals surface area contributed by atoms with Crippen molar-refractivity contribution in [3.8, 4) is 0 Å². The van der Waals surface area contributed by atoms with Gasteiger partial charge in [-0.15, -0.1) is 0 Å². The predicted molar refractivity (Wildman–Crippen MR) is 87.7 cm³/mol. The van der Waals surface area contributed by atoms with Crippen molar-refractivity contribution >= 4 is 6.71 Å². The third kappa shape index (κ3) is 4.85. The third-order valence-electron chi connectivity index (χ3n) is 7.17. The summed E-state index contributed by atoms with van der Waals surface area (Å²) >= 11 is 0. The van der Waals surface area contributed by atoms with E-state index in [0.717, 1.165) is 0 Å². The Labute approximate surface area is 170 Å². The molecule has 0 aromatic heterocycles. The first-order valence-electron chi connectivity index (χ1n) is 9.67. The zero-order chi connectivity index (χ0) is 12.9. The topological polar surface area (TPSA) is 0 Å². The maximum absolute atomic E-state index is 1.62. The maximum Gasteiger partial charge on any atom is 1.00 e. The van der Waals surface area contributed by atoms with Crippen LogP contribution < -0.4 is 51.4 Å². The summed E-state index contributed by atoms with van der Waals surface area (Å²) in [5, 5.41) is 0. The van der Waals surface area contributed by atoms with Gasteiger partial charge < -0.3 is 0 Å². The van der Waals surface area contributed by atoms with E-state index in [0.29, 0.717) is 0 Å². The molecular formula is C18H34BK. The van der Waals surface area contributed by atoms with Crippen molar-refractivity contribution in [1.82, 2.24) is 0 Å². The van der Waals surface area contributed by atoms with Crippen LogP contribution in [0.4, 0.5) is 0 Å². The largest absolute Gasteiger partial charge is 1.00 e. The van der Waals surface area contributed by atoms with E-state index in [-0.39, 0.29) is 58.1 Å². The van der Waals surface area contributed by atoms with Gasteiger partial charge >= 0.3 is 51.4 Å². The molecule has 0 aromatic carbocycles. The molecular weight excluding hydrogens is 266 g/mol. The zero-order valence-electron chi connectivity index (χ0n) is 14.0. The van der Waals surface area contributed by atoms with Gasteiger partial charge in [-0.2, -0.15) is 17.5 Å². The van der Waals surface area contributed by atoms with Crippen LogP contribution >= 0.6 is 0 Å². The van der Waals surface area contributed by atoms with Crippen LogP contribution in [0.5, 0.6) is 0 Å². The Balaban J connectivity index is 0.00000147. The standard InChI is InChI=1S/C18H34B.K/c1-4-10-16(11-5-1)19(17-12-6-2-7-13-17)18-14-8-3-9-15-18;/h16-19H,1-15H2;/q-1;+1. The Morgan fingerprint density at radius 1 is 0.400 bits per heavy atom. The molecule has 3 aliphatic rings. The van der Waals surface area contributed by atoms with Crippen molar-refractivity contribution in [3.05, 3.63) is 0 Å². The van der Waals surface area contributed by atoms with Crippen LogP contribution in [0.1, 0.15) is 96.3 Å². The first-order valence-corrected chi connectivity index (χ1v) is 9.67. The maximum atomic E-state index is 1.62. The van der Waals surface area contributed by atoms with E-state index in [1.165, 1.54) is 36.7 Å². The van der Waals surface area contributed by atoms with Gasteiger partial charge in [0.25, 0.3) is 0 Å². The molecule has 0 radical (unpaired) electrons. The molecule has 0 aliphatic heterocycles. The molecule has 0 heterocycles. The van der Waals surface area contributed by atoms with Gasteiger partial charge in [0.05, 0.1) is 0 Å². The summed E-state index contributed by atoms with van der Waals surface area (Å²) < 4.78 is 0. The second kappa shape index (κ2) is 9.75. The summed E-state index contributed by atoms with van der Waals surface area (Å²) in [6.45, 7) is 0.169. The van der Waals surface area contributed by atoms with E-state index < -0.39 is 0 Å². The van der Waals surface area contributed by atoms with Gasteiger partial charge in [-0.25, -0.2) is 0 Å². The van der Waals surface area contributed by atoms with Gasteiger partial charge in [0.1, 0.15) is 0 Å². The predicted octanol–water partition coefficient (Wildman–Crippen LogP) is 3.22. The van der Waals surface area contributed by atoms with Crippen LogP contribution in [-0.2, 0) is 0 Å². The number of hydrogen-bond donors (Lipinski definition) is 0. The Morgan fingerprint density at radius 3 is 0.900 bits per heavy atom. The van der Waals surface area contributed by atoms with Crippen molar-refractivity contribution in [2.24, 2.45) is 0 Å². The van der Waals surface area contributed by atoms with E-state index in [2.05, 4.69) is 0 Å². The fraction of sp³-hybridized carbons (Fsp3) is 1.00. The molecule has 0 atom stereocenters. The zero-order valence-corrected chi connectivity index (χ0v) is 17.2. The molecule has 3 rings (SSSR count). The molecule has 0 amide bonds. The average molecular weight is 300 g/mol. The second-order valence-corrected chi connectivity index (χ2v) is 8.22. The summed E-state index contributed by atoms with van der Waals surface area (Å²) in [6.07, 6.45) is 23.7. The molecule has 0 aromatic rings. The molecule has 0 N–H and O–H groups in total. The van der Waals surface area contributed by atoms with Gasteiger partial charge in [0.2, 0.25) is 0 Å². The van der Waals surface area contributed by atoms with Crippen LogP contribution in [0, 0.1) is 0 Å². The van der Waals surface area contributed by atoms with Gasteiger partial charge in [0, 0.05) is 0 Å². The van der Waals surface area contributed by atoms with Gasteiger partial charge in [0.15, 0.2) is 0 Å². The van der Waals surface area contributed by atoms with E-state index >= 15 is 0 Å². The van der Waals surface area contributed by atoms with Crippen molar-refractivity contribution in [2.75, 3.05) is 0 Å². The van der Waals surface area contributed by atoms with E-state index in [1.807, 2.05) is 0 Å². The van der Waals surface area contributed by atoms with E-state index in [1.54, 1.807) is 77.0 Å². The monoisotopic (exact) mass is 300 g/mol. The van der Waals surface area contributed by atoms with Crippen molar-refractivity contribution in [1.29, 1.82) is 0 Å². The summed E-state index contributed by atoms with van der Waals surface area (Å²) in [4.78, 5) is 0. The molecule has 0 nitrogen and oxygen atoms in total. The summed E-state index contributed by atoms with van der Waals surface area (Å²) in [6, 6.07) is 0. The van der Waals surface area contributed by atoms with Gasteiger partial charge in [-0.3, -0.25) is 0 Å². The van der Waals surface area contributed by atoms with Gasteiger partial charge in [-0.1, -0.05) is 96.3 Å². The van der Waals surface area contributed by atoms with Crippen LogP contribution in [-0.4, -0.2) is 6.71 Å². The minimum absolute atomic E-state index is 0. The fourth-order valence-electron chi connectivity index (χ4n) is 6.39. The van der Waals surface area contributed by atoms with Gasteiger partial charge in [-0.05, 0) is 6.71 Å². The summed E-state index contributed by atoms with van der Waals surface area (Å²) in [5.41, 5.74) is 0. The van der Waals surface area contributed by atoms with E-state index in [9.17, 15) is 0 Å². The smallest absolute Gasteiger partial charge is 0.169 e. The molecule has 3 aliphatic carbocycles. The molecule has 3 saturated carbocycles. The summed E-state index contributed by atoms with van der Waals surface area (Å²) in [7, 11) is 0. The van der Waals surface area contributed by atoms with E-state index in [4.69, 9.17) is 0 Å². The minimum atomic E-state index is 0. The molecule has 0 saturated heterocycles. The Hall–Kier alpha value is 1.70. The minimum Gasteiger partial charge on any atom is -0.169 e. The Bertz CT molecular complexity index is 207. The molecule has 2 heteroatoms. The molecule has 0 bridgehead atoms. The summed E-state index contributed by atoms with van der Waals surface area (Å²) in [5.74, 6) is 3.62. The number of hydrogen-bond acceptors (Lipinski definition) is 0. The third-order valence-corrected chi connectivity index (χ3v) is 7.17. The quantitative estimate of drug-likeness (QED) is 0.702. The van der Waals surface area contributed by atoms with Crippen LogP contribution in [0.3, 0.4) is 0 Å². The van der Waals surface area contributed by atoms with Crippen LogP contribution in [0.15, 0.2) is 0 Å². The van der Waals surface area contributed by atoms with Crippen molar-refractivity contribution in [3.63, 3.8) is 0 Å². The Kier molecular flexibility index (Phi) is 8.80. The first-order chi connectivity index (χ1) is 9.45.